The maximum atomic E-state index is 2.99. The van der Waals surface area contributed by atoms with Gasteiger partial charge in [0.15, 0.2) is 0 Å². The molecule has 0 radical (unpaired) electrons. The van der Waals surface area contributed by atoms with Crippen molar-refractivity contribution in [2.45, 2.75) is 45.2 Å². The molecule has 0 aromatic rings. The van der Waals surface area contributed by atoms with Gasteiger partial charge in [-0.3, -0.25) is 6.08 Å². The third-order valence-electron chi connectivity index (χ3n) is 4.65. The van der Waals surface area contributed by atoms with Crippen molar-refractivity contribution in [1.29, 1.82) is 0 Å². The van der Waals surface area contributed by atoms with E-state index in [0.29, 0.717) is 0 Å². The van der Waals surface area contributed by atoms with Crippen molar-refractivity contribution in [2.75, 3.05) is 0 Å². The smallest absolute Gasteiger partial charge is 0.109 e. The second-order valence-electron chi connectivity index (χ2n) is 6.73. The maximum Gasteiger partial charge on any atom is -0.109 e. The summed E-state index contributed by atoms with van der Waals surface area (Å²) in [6.45, 7) is 4.66. The summed E-state index contributed by atoms with van der Waals surface area (Å²) < 4.78 is 0. The van der Waals surface area contributed by atoms with Gasteiger partial charge in [0.05, 0.1) is 0 Å². The third kappa shape index (κ3) is 8.34. The van der Waals surface area contributed by atoms with Crippen LogP contribution in [0.15, 0.2) is 42.5 Å². The molecule has 0 aromatic heterocycles. The summed E-state index contributed by atoms with van der Waals surface area (Å²) in [6.07, 6.45) is 27.8. The maximum absolute atomic E-state index is 2.99. The van der Waals surface area contributed by atoms with Crippen LogP contribution in [0.4, 0.5) is 0 Å². The molecule has 132 valence electrons. The standard InChI is InChI=1S/C13H17.C5H5.C2H6Si.2ClH.Hf/c1-3-7-12-10(5-1)9-11-6-2-4-8-13(11)12;1-2-4-5-3-1;1-3-2;;;/h1,3,5,7,9-13H,2,4,6,8H2;1-3H,4H2;1-2H3;2*1H;/q2*-1;;;;+2/p-2. The Bertz CT molecular complexity index is 468. The average Bonchev–Trinajstić information content (AvgIpc) is 3.18. The van der Waals surface area contributed by atoms with Crippen LogP contribution < -0.4 is 24.8 Å². The molecule has 0 nitrogen and oxygen atoms in total. The normalized spacial score (nSPS) is 30.5. The molecule has 0 aromatic carbocycles. The zero-order valence-electron chi connectivity index (χ0n) is 14.7. The number of hydrogen-bond acceptors (Lipinski definition) is 0. The second-order valence-corrected chi connectivity index (χ2v) is 19.5. The molecular formula is C20H28Cl2HfSi-2. The molecule has 2 saturated carbocycles. The van der Waals surface area contributed by atoms with Crippen molar-refractivity contribution < 1.29 is 47.8 Å². The van der Waals surface area contributed by atoms with Crippen LogP contribution in [0.25, 0.3) is 0 Å². The number of rotatable bonds is 0. The van der Waals surface area contributed by atoms with Gasteiger partial charge in [-0.05, 0) is 5.92 Å². The van der Waals surface area contributed by atoms with Gasteiger partial charge in [0.2, 0.25) is 0 Å². The average molecular weight is 546 g/mol. The van der Waals surface area contributed by atoms with Gasteiger partial charge in [-0.1, -0.05) is 49.8 Å². The molecule has 0 spiro atoms. The van der Waals surface area contributed by atoms with Crippen LogP contribution >= 0.6 is 0 Å². The van der Waals surface area contributed by atoms with Gasteiger partial charge in [-0.2, -0.15) is 12.0 Å². The second kappa shape index (κ2) is 13.8. The van der Waals surface area contributed by atoms with E-state index < -0.39 is 0 Å². The van der Waals surface area contributed by atoms with Gasteiger partial charge in [-0.15, -0.1) is 18.4 Å². The fraction of sp³-hybridized carbons (Fsp3) is 0.550. The van der Waals surface area contributed by atoms with E-state index >= 15 is 0 Å². The Labute approximate surface area is 176 Å². The third-order valence-corrected chi connectivity index (χ3v) is 4.65. The van der Waals surface area contributed by atoms with E-state index in [2.05, 4.69) is 56.0 Å². The van der Waals surface area contributed by atoms with Gasteiger partial charge < -0.3 is 31.2 Å². The fourth-order valence-electron chi connectivity index (χ4n) is 3.79. The van der Waals surface area contributed by atoms with E-state index in [1.165, 1.54) is 48.7 Å². The first-order valence-corrected chi connectivity index (χ1v) is 16.5. The molecule has 4 aliphatic rings. The fourth-order valence-corrected chi connectivity index (χ4v) is 3.79. The molecule has 4 rings (SSSR count). The van der Waals surface area contributed by atoms with Crippen molar-refractivity contribution >= 4 is 5.49 Å². The molecule has 24 heavy (non-hydrogen) atoms. The van der Waals surface area contributed by atoms with E-state index in [1.807, 2.05) is 12.2 Å². The number of hydrogen-bond donors (Lipinski definition) is 0. The molecule has 0 amide bonds. The SMILES string of the molecule is C1=CC2[CH-]C3CCCCC3C2C=C1.C[Si](C)=[Hf+2].[C-]1=CC=CC1.[Cl-].[Cl-]. The minimum atomic E-state index is 0. The van der Waals surface area contributed by atoms with Crippen LogP contribution in [0.2, 0.25) is 13.1 Å². The Kier molecular flexibility index (Phi) is 14.1. The number of fused-ring (bicyclic) bond motifs is 3. The summed E-state index contributed by atoms with van der Waals surface area (Å²) in [5.74, 6) is 3.56. The molecule has 0 saturated heterocycles. The zero-order chi connectivity index (χ0) is 15.8. The van der Waals surface area contributed by atoms with Crippen LogP contribution in [-0.4, -0.2) is 5.49 Å². The van der Waals surface area contributed by atoms with E-state index in [1.54, 1.807) is 0 Å². The topological polar surface area (TPSA) is 0 Å². The largest absolute Gasteiger partial charge is 1.00 e. The first-order valence-electron chi connectivity index (χ1n) is 8.62. The Morgan fingerprint density at radius 2 is 1.71 bits per heavy atom. The summed E-state index contributed by atoms with van der Waals surface area (Å²) in [5, 5.41) is 0. The van der Waals surface area contributed by atoms with E-state index in [4.69, 9.17) is 0 Å². The van der Waals surface area contributed by atoms with E-state index in [-0.39, 0.29) is 30.3 Å². The van der Waals surface area contributed by atoms with E-state index in [9.17, 15) is 0 Å². The van der Waals surface area contributed by atoms with Gasteiger partial charge in [0.25, 0.3) is 0 Å². The monoisotopic (exact) mass is 546 g/mol. The summed E-state index contributed by atoms with van der Waals surface area (Å²) in [5.41, 5.74) is 0.259. The van der Waals surface area contributed by atoms with Gasteiger partial charge in [0, 0.05) is 0 Å². The Balaban J connectivity index is 0.000000409. The van der Waals surface area contributed by atoms with Crippen molar-refractivity contribution in [1.82, 2.24) is 0 Å². The van der Waals surface area contributed by atoms with Gasteiger partial charge in [0.1, 0.15) is 0 Å². The summed E-state index contributed by atoms with van der Waals surface area (Å²) in [4.78, 5) is 0. The number of halogens is 2. The molecule has 0 bridgehead atoms. The Morgan fingerprint density at radius 1 is 1.04 bits per heavy atom. The zero-order valence-corrected chi connectivity index (χ0v) is 20.8. The molecule has 0 heterocycles. The van der Waals surface area contributed by atoms with E-state index in [0.717, 1.165) is 30.1 Å². The minimum absolute atomic E-state index is 0. The summed E-state index contributed by atoms with van der Waals surface area (Å²) in [7, 11) is 0. The summed E-state index contributed by atoms with van der Waals surface area (Å²) >= 11 is 1.45. The molecule has 4 aliphatic carbocycles. The Morgan fingerprint density at radius 3 is 2.29 bits per heavy atom. The molecule has 4 heteroatoms. The van der Waals surface area contributed by atoms with Crippen LogP contribution in [0.3, 0.4) is 0 Å². The molecule has 4 unspecified atom stereocenters. The minimum Gasteiger partial charge on any atom is -1.00 e. The molecule has 0 aliphatic heterocycles. The quantitative estimate of drug-likeness (QED) is 0.284. The molecule has 4 atom stereocenters. The first kappa shape index (κ1) is 24.6. The van der Waals surface area contributed by atoms with Gasteiger partial charge >= 0.3 is 41.6 Å². The van der Waals surface area contributed by atoms with Crippen LogP contribution in [0.1, 0.15) is 32.1 Å². The molecule has 2 fully saturated rings. The van der Waals surface area contributed by atoms with Gasteiger partial charge in [-0.25, -0.2) is 12.2 Å². The first-order chi connectivity index (χ1) is 10.7. The van der Waals surface area contributed by atoms with Crippen LogP contribution in [0, 0.1) is 36.2 Å². The van der Waals surface area contributed by atoms with Crippen LogP contribution in [-0.2, 0) is 23.0 Å². The Hall–Kier alpha value is 0.627. The van der Waals surface area contributed by atoms with Crippen molar-refractivity contribution in [3.05, 3.63) is 55.0 Å². The predicted molar refractivity (Wildman–Crippen MR) is 94.1 cm³/mol. The van der Waals surface area contributed by atoms with Crippen molar-refractivity contribution in [2.24, 2.45) is 23.7 Å². The molecule has 0 N–H and O–H groups in total. The van der Waals surface area contributed by atoms with Crippen molar-refractivity contribution in [3.8, 4) is 0 Å². The van der Waals surface area contributed by atoms with Crippen LogP contribution in [0.5, 0.6) is 0 Å². The molecular weight excluding hydrogens is 518 g/mol. The van der Waals surface area contributed by atoms with Crippen molar-refractivity contribution in [3.63, 3.8) is 0 Å². The number of allylic oxidation sites excluding steroid dienone is 8. The summed E-state index contributed by atoms with van der Waals surface area (Å²) in [6, 6.07) is 0. The predicted octanol–water partition coefficient (Wildman–Crippen LogP) is -0.533.